The van der Waals surface area contributed by atoms with Crippen LogP contribution < -0.4 is 5.06 Å². The van der Waals surface area contributed by atoms with Crippen molar-refractivity contribution in [1.82, 2.24) is 0 Å². The molecule has 1 heterocycles. The maximum Gasteiger partial charge on any atom is 0.418 e. The molecule has 1 aliphatic heterocycles. The number of alkyl halides is 6. The quantitative estimate of drug-likeness (QED) is 0.448. The zero-order valence-corrected chi connectivity index (χ0v) is 12.7. The number of nitro groups is 1. The Morgan fingerprint density at radius 1 is 1.16 bits per heavy atom. The van der Waals surface area contributed by atoms with Crippen molar-refractivity contribution in [2.24, 2.45) is 5.41 Å². The topological polar surface area (TPSA) is 72.7 Å². The molecule has 0 N–H and O–H groups in total. The number of amides is 1. The van der Waals surface area contributed by atoms with E-state index in [0.29, 0.717) is 0 Å². The van der Waals surface area contributed by atoms with Gasteiger partial charge in [-0.05, 0) is 19.9 Å². The normalized spacial score (nSPS) is 17.9. The van der Waals surface area contributed by atoms with Crippen LogP contribution in [0.15, 0.2) is 12.1 Å². The zero-order chi connectivity index (χ0) is 19.4. The van der Waals surface area contributed by atoms with Crippen LogP contribution in [-0.2, 0) is 22.0 Å². The standard InChI is InChI=1S/C13H10F6N2O4/c1-11(2)5-25-20(10(11)22)9-7(13(17,18)19)3-6(12(14,15)16)4-8(9)21(23)24/h3-4H,5H2,1-2H3. The van der Waals surface area contributed by atoms with Gasteiger partial charge in [0, 0.05) is 6.07 Å². The summed E-state index contributed by atoms with van der Waals surface area (Å²) in [6, 6.07) is -0.350. The van der Waals surface area contributed by atoms with Crippen LogP contribution in [0.25, 0.3) is 0 Å². The largest absolute Gasteiger partial charge is 0.418 e. The first-order valence-corrected chi connectivity index (χ1v) is 6.60. The van der Waals surface area contributed by atoms with E-state index >= 15 is 0 Å². The van der Waals surface area contributed by atoms with Gasteiger partial charge in [0.1, 0.15) is 0 Å². The Labute approximate surface area is 136 Å². The highest BCUT2D eigenvalue weighted by Gasteiger charge is 2.49. The smallest absolute Gasteiger partial charge is 0.271 e. The molecule has 0 unspecified atom stereocenters. The van der Waals surface area contributed by atoms with Gasteiger partial charge in [-0.15, -0.1) is 0 Å². The summed E-state index contributed by atoms with van der Waals surface area (Å²) in [4.78, 5) is 26.6. The Morgan fingerprint density at radius 3 is 2.08 bits per heavy atom. The molecular weight excluding hydrogens is 362 g/mol. The van der Waals surface area contributed by atoms with Gasteiger partial charge in [-0.25, -0.2) is 0 Å². The molecule has 25 heavy (non-hydrogen) atoms. The number of benzene rings is 1. The molecule has 0 aliphatic carbocycles. The van der Waals surface area contributed by atoms with Crippen molar-refractivity contribution in [2.45, 2.75) is 26.2 Å². The van der Waals surface area contributed by atoms with Crippen LogP contribution in [0.4, 0.5) is 37.7 Å². The highest BCUT2D eigenvalue weighted by molar-refractivity contribution is 5.99. The number of rotatable bonds is 2. The molecular formula is C13H10F6N2O4. The average Bonchev–Trinajstić information content (AvgIpc) is 2.70. The molecule has 0 atom stereocenters. The van der Waals surface area contributed by atoms with Crippen LogP contribution >= 0.6 is 0 Å². The van der Waals surface area contributed by atoms with Crippen molar-refractivity contribution >= 4 is 17.3 Å². The molecule has 1 aromatic rings. The van der Waals surface area contributed by atoms with Gasteiger partial charge in [0.2, 0.25) is 0 Å². The number of nitro benzene ring substituents is 1. The predicted molar refractivity (Wildman–Crippen MR) is 70.3 cm³/mol. The summed E-state index contributed by atoms with van der Waals surface area (Å²) in [5, 5.41) is 11.1. The monoisotopic (exact) mass is 372 g/mol. The summed E-state index contributed by atoms with van der Waals surface area (Å²) in [5.41, 5.74) is -8.05. The molecule has 1 aromatic carbocycles. The lowest BCUT2D eigenvalue weighted by molar-refractivity contribution is -0.384. The van der Waals surface area contributed by atoms with Gasteiger partial charge < -0.3 is 0 Å². The van der Waals surface area contributed by atoms with Crippen molar-refractivity contribution in [2.75, 3.05) is 11.7 Å². The minimum absolute atomic E-state index is 0.0428. The summed E-state index contributed by atoms with van der Waals surface area (Å²) in [6.45, 7) is 2.25. The maximum absolute atomic E-state index is 13.2. The van der Waals surface area contributed by atoms with E-state index in [4.69, 9.17) is 4.84 Å². The minimum atomic E-state index is -5.39. The van der Waals surface area contributed by atoms with Crippen LogP contribution in [0.3, 0.4) is 0 Å². The summed E-state index contributed by atoms with van der Waals surface area (Å²) in [6.07, 6.45) is -10.6. The van der Waals surface area contributed by atoms with Crippen LogP contribution in [0.5, 0.6) is 0 Å². The molecule has 0 spiro atoms. The van der Waals surface area contributed by atoms with Gasteiger partial charge >= 0.3 is 12.4 Å². The number of carbonyl (C=O) groups is 1. The number of hydrogen-bond donors (Lipinski definition) is 0. The fourth-order valence-electron chi connectivity index (χ4n) is 2.14. The van der Waals surface area contributed by atoms with E-state index in [0.717, 1.165) is 0 Å². The van der Waals surface area contributed by atoms with Crippen molar-refractivity contribution in [3.8, 4) is 0 Å². The van der Waals surface area contributed by atoms with E-state index in [-0.39, 0.29) is 23.8 Å². The third-order valence-corrected chi connectivity index (χ3v) is 3.44. The van der Waals surface area contributed by atoms with Gasteiger partial charge in [0.15, 0.2) is 5.69 Å². The second kappa shape index (κ2) is 5.58. The van der Waals surface area contributed by atoms with Crippen LogP contribution in [0.1, 0.15) is 25.0 Å². The fraction of sp³-hybridized carbons (Fsp3) is 0.462. The minimum Gasteiger partial charge on any atom is -0.271 e. The zero-order valence-electron chi connectivity index (χ0n) is 12.7. The Hall–Kier alpha value is -2.37. The Morgan fingerprint density at radius 2 is 1.72 bits per heavy atom. The SMILES string of the molecule is CC1(C)CON(c2c([N+](=O)[O-])cc(C(F)(F)F)cc2C(F)(F)F)C1=O. The molecule has 2 rings (SSSR count). The Kier molecular flexibility index (Phi) is 4.23. The molecule has 138 valence electrons. The maximum atomic E-state index is 13.2. The Balaban J connectivity index is 2.82. The molecule has 6 nitrogen and oxygen atoms in total. The summed E-state index contributed by atoms with van der Waals surface area (Å²) < 4.78 is 78.2. The van der Waals surface area contributed by atoms with E-state index in [1.807, 2.05) is 0 Å². The summed E-state index contributed by atoms with van der Waals surface area (Å²) in [7, 11) is 0. The van der Waals surface area contributed by atoms with E-state index in [9.17, 15) is 41.3 Å². The van der Waals surface area contributed by atoms with Gasteiger partial charge in [0.05, 0.1) is 28.1 Å². The van der Waals surface area contributed by atoms with Gasteiger partial charge in [-0.3, -0.25) is 19.7 Å². The number of anilines is 1. The summed E-state index contributed by atoms with van der Waals surface area (Å²) in [5.74, 6) is -1.04. The molecule has 1 saturated heterocycles. The molecule has 0 saturated carbocycles. The van der Waals surface area contributed by atoms with E-state index in [2.05, 4.69) is 0 Å². The molecule has 0 aromatic heterocycles. The second-order valence-corrected chi connectivity index (χ2v) is 5.90. The number of carbonyl (C=O) groups excluding carboxylic acids is 1. The van der Waals surface area contributed by atoms with Gasteiger partial charge in [0.25, 0.3) is 11.6 Å². The lowest BCUT2D eigenvalue weighted by Gasteiger charge is -2.22. The van der Waals surface area contributed by atoms with Crippen molar-refractivity contribution in [1.29, 1.82) is 0 Å². The van der Waals surface area contributed by atoms with Gasteiger partial charge in [-0.2, -0.15) is 31.4 Å². The van der Waals surface area contributed by atoms with Crippen molar-refractivity contribution in [3.05, 3.63) is 33.4 Å². The predicted octanol–water partition coefficient (Wildman–Crippen LogP) is 3.94. The van der Waals surface area contributed by atoms with Gasteiger partial charge in [-0.1, -0.05) is 0 Å². The Bertz CT molecular complexity index is 741. The fourth-order valence-corrected chi connectivity index (χ4v) is 2.14. The number of hydroxylamine groups is 1. The van der Waals surface area contributed by atoms with E-state index in [1.165, 1.54) is 13.8 Å². The highest BCUT2D eigenvalue weighted by Crippen LogP contribution is 2.47. The third-order valence-electron chi connectivity index (χ3n) is 3.44. The average molecular weight is 372 g/mol. The van der Waals surface area contributed by atoms with Crippen molar-refractivity contribution < 1.29 is 40.9 Å². The first-order chi connectivity index (χ1) is 11.2. The molecule has 0 radical (unpaired) electrons. The molecule has 1 fully saturated rings. The van der Waals surface area contributed by atoms with Crippen LogP contribution in [0, 0.1) is 15.5 Å². The van der Waals surface area contributed by atoms with Crippen molar-refractivity contribution in [3.63, 3.8) is 0 Å². The lowest BCUT2D eigenvalue weighted by Crippen LogP contribution is -2.33. The molecule has 1 amide bonds. The lowest BCUT2D eigenvalue weighted by atomic mass is 9.94. The van der Waals surface area contributed by atoms with Crippen LogP contribution in [0.2, 0.25) is 0 Å². The third kappa shape index (κ3) is 3.38. The first-order valence-electron chi connectivity index (χ1n) is 6.60. The molecule has 0 bridgehead atoms. The first kappa shape index (κ1) is 19.0. The summed E-state index contributed by atoms with van der Waals surface area (Å²) >= 11 is 0. The highest BCUT2D eigenvalue weighted by atomic mass is 19.4. The van der Waals surface area contributed by atoms with E-state index in [1.54, 1.807) is 0 Å². The number of hydrogen-bond acceptors (Lipinski definition) is 4. The number of nitrogens with zero attached hydrogens (tertiary/aromatic N) is 2. The second-order valence-electron chi connectivity index (χ2n) is 5.90. The number of halogens is 6. The van der Waals surface area contributed by atoms with Crippen LogP contribution in [-0.4, -0.2) is 17.4 Å². The molecule has 1 aliphatic rings. The molecule has 12 heteroatoms. The van der Waals surface area contributed by atoms with E-state index < -0.39 is 51.1 Å².